The predicted molar refractivity (Wildman–Crippen MR) is 101 cm³/mol. The van der Waals surface area contributed by atoms with E-state index in [4.69, 9.17) is 31.2 Å². The molecule has 2 saturated heterocycles. The zero-order valence-electron chi connectivity index (χ0n) is 14.8. The van der Waals surface area contributed by atoms with Gasteiger partial charge in [-0.2, -0.15) is 0 Å². The van der Waals surface area contributed by atoms with Crippen LogP contribution in [0.1, 0.15) is 16.6 Å². The van der Waals surface area contributed by atoms with Crippen LogP contribution in [-0.4, -0.2) is 55.6 Å². The van der Waals surface area contributed by atoms with Gasteiger partial charge in [0, 0.05) is 12.2 Å². The molecular weight excluding hydrogens is 400 g/mol. The number of nitrogens with zero attached hydrogens (tertiary/aromatic N) is 3. The van der Waals surface area contributed by atoms with Gasteiger partial charge in [0.05, 0.1) is 18.2 Å². The molecule has 148 valence electrons. The lowest BCUT2D eigenvalue weighted by Crippen LogP contribution is -2.32. The summed E-state index contributed by atoms with van der Waals surface area (Å²) in [5.41, 5.74) is 0.575. The summed E-state index contributed by atoms with van der Waals surface area (Å²) < 4.78 is 24.2. The lowest BCUT2D eigenvalue weighted by atomic mass is 10.1. The van der Waals surface area contributed by atoms with Gasteiger partial charge in [-0.25, -0.2) is 14.8 Å². The van der Waals surface area contributed by atoms with E-state index < -0.39 is 30.5 Å². The number of fused-ring (bicyclic) bond motifs is 2. The molecule has 10 nitrogen and oxygen atoms in total. The van der Waals surface area contributed by atoms with Crippen molar-refractivity contribution in [2.75, 3.05) is 6.61 Å². The second-order valence-electron chi connectivity index (χ2n) is 6.50. The maximum absolute atomic E-state index is 12.2. The van der Waals surface area contributed by atoms with Gasteiger partial charge in [0.1, 0.15) is 12.7 Å². The summed E-state index contributed by atoms with van der Waals surface area (Å²) in [6.07, 6.45) is 0.220. The number of rotatable bonds is 4. The number of imidazole rings is 1. The zero-order chi connectivity index (χ0) is 20.0. The van der Waals surface area contributed by atoms with Crippen molar-refractivity contribution in [3.63, 3.8) is 0 Å². The molecule has 2 fully saturated rings. The van der Waals surface area contributed by atoms with E-state index in [1.807, 2.05) is 6.07 Å². The molecule has 2 aliphatic heterocycles. The van der Waals surface area contributed by atoms with Crippen molar-refractivity contribution >= 4 is 34.6 Å². The highest BCUT2D eigenvalue weighted by Gasteiger charge is 2.54. The van der Waals surface area contributed by atoms with E-state index in [1.165, 1.54) is 12.7 Å². The molecule has 29 heavy (non-hydrogen) atoms. The first kappa shape index (κ1) is 17.8. The third kappa shape index (κ3) is 3.04. The van der Waals surface area contributed by atoms with E-state index in [0.29, 0.717) is 11.2 Å². The molecule has 0 saturated carbocycles. The van der Waals surface area contributed by atoms with Crippen LogP contribution in [0.3, 0.4) is 0 Å². The summed E-state index contributed by atoms with van der Waals surface area (Å²) in [4.78, 5) is 34.9. The number of thiocarbonyl (C=S) groups is 1. The number of aromatic nitrogens is 4. The maximum Gasteiger partial charge on any atom is 0.353 e. The van der Waals surface area contributed by atoms with Gasteiger partial charge in [-0.05, 0) is 12.1 Å². The molecule has 0 bridgehead atoms. The summed E-state index contributed by atoms with van der Waals surface area (Å²) in [6.45, 7) is -0.0575. The van der Waals surface area contributed by atoms with Gasteiger partial charge in [-0.15, -0.1) is 0 Å². The number of H-pyrrole nitrogens is 1. The topological polar surface area (TPSA) is 118 Å². The minimum atomic E-state index is -0.708. The predicted octanol–water partition coefficient (Wildman–Crippen LogP) is 0.943. The van der Waals surface area contributed by atoms with E-state index in [9.17, 15) is 9.59 Å². The van der Waals surface area contributed by atoms with Crippen LogP contribution in [0, 0.1) is 0 Å². The van der Waals surface area contributed by atoms with Gasteiger partial charge in [-0.1, -0.05) is 18.2 Å². The molecule has 0 unspecified atom stereocenters. The van der Waals surface area contributed by atoms with Crippen molar-refractivity contribution in [3.05, 3.63) is 58.9 Å². The highest BCUT2D eigenvalue weighted by Crippen LogP contribution is 2.39. The number of carbonyl (C=O) groups is 1. The number of nitrogens with one attached hydrogen (secondary N) is 1. The Bertz CT molecular complexity index is 1150. The molecule has 3 aromatic rings. The highest BCUT2D eigenvalue weighted by molar-refractivity contribution is 7.79. The number of hydrogen-bond donors (Lipinski definition) is 1. The lowest BCUT2D eigenvalue weighted by Gasteiger charge is -2.18. The maximum atomic E-state index is 12.2. The number of carbonyl (C=O) groups excluding carboxylic acids is 1. The Hall–Kier alpha value is -3.31. The molecule has 0 amide bonds. The van der Waals surface area contributed by atoms with Crippen LogP contribution >= 0.6 is 12.2 Å². The average molecular weight is 414 g/mol. The molecule has 11 heteroatoms. The third-order valence-corrected chi connectivity index (χ3v) is 4.97. The molecule has 0 aliphatic carbocycles. The molecule has 2 aromatic heterocycles. The Morgan fingerprint density at radius 1 is 1.21 bits per heavy atom. The Morgan fingerprint density at radius 3 is 2.83 bits per heavy atom. The summed E-state index contributed by atoms with van der Waals surface area (Å²) >= 11 is 5.03. The molecule has 0 radical (unpaired) electrons. The smallest absolute Gasteiger partial charge is 0.353 e. The standard InChI is InChI=1S/C18H14N4O6S/c23-15-11-14(19-7-20-15)22(8-21-11)16-13-12(27-18(29)28-13)10(26-16)6-25-17(24)9-4-2-1-3-5-9/h1-5,7-8,10,12-13,16H,6H2,(H,19,20,23)/t10-,12-,13-,16+/m0/s1. The van der Waals surface area contributed by atoms with Gasteiger partial charge >= 0.3 is 11.2 Å². The molecule has 1 N–H and O–H groups in total. The van der Waals surface area contributed by atoms with Gasteiger partial charge in [0.15, 0.2) is 29.6 Å². The number of esters is 1. The number of ether oxygens (including phenoxy) is 4. The Balaban J connectivity index is 1.39. The van der Waals surface area contributed by atoms with Crippen LogP contribution < -0.4 is 5.56 Å². The summed E-state index contributed by atoms with van der Waals surface area (Å²) in [5.74, 6) is -0.475. The summed E-state index contributed by atoms with van der Waals surface area (Å²) in [6, 6.07) is 8.63. The molecule has 5 rings (SSSR count). The Morgan fingerprint density at radius 2 is 2.00 bits per heavy atom. The minimum absolute atomic E-state index is 0.0112. The molecule has 1 aromatic carbocycles. The normalized spacial score (nSPS) is 25.4. The molecule has 4 heterocycles. The van der Waals surface area contributed by atoms with E-state index in [2.05, 4.69) is 15.0 Å². The largest absolute Gasteiger partial charge is 0.459 e. The van der Waals surface area contributed by atoms with Crippen LogP contribution in [-0.2, 0) is 18.9 Å². The van der Waals surface area contributed by atoms with Gasteiger partial charge in [0.25, 0.3) is 5.56 Å². The quantitative estimate of drug-likeness (QED) is 0.492. The first-order valence-electron chi connectivity index (χ1n) is 8.77. The second-order valence-corrected chi connectivity index (χ2v) is 6.83. The van der Waals surface area contributed by atoms with Crippen LogP contribution in [0.5, 0.6) is 0 Å². The Kier molecular flexibility index (Phi) is 4.25. The van der Waals surface area contributed by atoms with E-state index >= 15 is 0 Å². The van der Waals surface area contributed by atoms with Crippen LogP contribution in [0.4, 0.5) is 0 Å². The zero-order valence-corrected chi connectivity index (χ0v) is 15.6. The lowest BCUT2D eigenvalue weighted by molar-refractivity contribution is -0.0648. The SMILES string of the molecule is O=C(OC[C@@H]1O[C@@H](n2cnc3c(=O)[nH]cnc32)[C@H]2OC(=S)O[C@H]21)c1ccccc1. The number of hydrogen-bond acceptors (Lipinski definition) is 9. The summed E-state index contributed by atoms with van der Waals surface area (Å²) in [5, 5.41) is -0.0112. The monoisotopic (exact) mass is 414 g/mol. The molecular formula is C18H14N4O6S. The van der Waals surface area contributed by atoms with Crippen molar-refractivity contribution in [2.24, 2.45) is 0 Å². The van der Waals surface area contributed by atoms with Crippen molar-refractivity contribution in [1.82, 2.24) is 19.5 Å². The molecule has 2 aliphatic rings. The number of benzene rings is 1. The fourth-order valence-corrected chi connectivity index (χ4v) is 3.67. The number of aromatic amines is 1. The van der Waals surface area contributed by atoms with Crippen LogP contribution in [0.2, 0.25) is 0 Å². The molecule has 4 atom stereocenters. The van der Waals surface area contributed by atoms with Crippen molar-refractivity contribution in [2.45, 2.75) is 24.5 Å². The minimum Gasteiger partial charge on any atom is -0.459 e. The van der Waals surface area contributed by atoms with Crippen LogP contribution in [0.15, 0.2) is 47.8 Å². The fraction of sp³-hybridized carbons (Fsp3) is 0.278. The van der Waals surface area contributed by atoms with Crippen molar-refractivity contribution in [1.29, 1.82) is 0 Å². The van der Waals surface area contributed by atoms with Crippen LogP contribution in [0.25, 0.3) is 11.2 Å². The Labute approximate surface area is 168 Å². The van der Waals surface area contributed by atoms with E-state index in [-0.39, 0.29) is 22.9 Å². The first-order valence-corrected chi connectivity index (χ1v) is 9.18. The van der Waals surface area contributed by atoms with E-state index in [1.54, 1.807) is 28.8 Å². The fourth-order valence-electron chi connectivity index (χ4n) is 3.45. The average Bonchev–Trinajstić information content (AvgIpc) is 3.41. The summed E-state index contributed by atoms with van der Waals surface area (Å²) in [7, 11) is 0. The third-order valence-electron chi connectivity index (χ3n) is 4.78. The van der Waals surface area contributed by atoms with Crippen molar-refractivity contribution in [3.8, 4) is 0 Å². The second kappa shape index (κ2) is 6.94. The van der Waals surface area contributed by atoms with Gasteiger partial charge < -0.3 is 23.9 Å². The van der Waals surface area contributed by atoms with Crippen molar-refractivity contribution < 1.29 is 23.7 Å². The van der Waals surface area contributed by atoms with E-state index in [0.717, 1.165) is 0 Å². The first-order chi connectivity index (χ1) is 14.1. The van der Waals surface area contributed by atoms with Gasteiger partial charge in [0.2, 0.25) is 0 Å². The highest BCUT2D eigenvalue weighted by atomic mass is 32.1. The van der Waals surface area contributed by atoms with Gasteiger partial charge in [-0.3, -0.25) is 9.36 Å². The molecule has 0 spiro atoms.